The van der Waals surface area contributed by atoms with Crippen molar-refractivity contribution in [3.8, 4) is 5.75 Å². The monoisotopic (exact) mass is 192 g/mol. The van der Waals surface area contributed by atoms with Gasteiger partial charge in [-0.25, -0.2) is 0 Å². The third-order valence-corrected chi connectivity index (χ3v) is 1.89. The van der Waals surface area contributed by atoms with E-state index in [2.05, 4.69) is 11.6 Å². The molecule has 1 atom stereocenters. The maximum Gasteiger partial charge on any atom is 0.137 e. The summed E-state index contributed by atoms with van der Waals surface area (Å²) < 4.78 is 5.33. The molecule has 0 saturated carbocycles. The summed E-state index contributed by atoms with van der Waals surface area (Å²) in [6.07, 6.45) is 6.00. The molecule has 0 aliphatic rings. The molecule has 1 unspecified atom stereocenters. The molecule has 0 spiro atoms. The molecule has 1 aromatic rings. The van der Waals surface area contributed by atoms with Crippen LogP contribution in [0.5, 0.6) is 5.75 Å². The second-order valence-electron chi connectivity index (χ2n) is 3.02. The van der Waals surface area contributed by atoms with Gasteiger partial charge in [-0.05, 0) is 25.0 Å². The van der Waals surface area contributed by atoms with E-state index in [-0.39, 0.29) is 6.04 Å². The van der Waals surface area contributed by atoms with E-state index in [9.17, 15) is 0 Å². The van der Waals surface area contributed by atoms with Gasteiger partial charge in [0.1, 0.15) is 5.75 Å². The van der Waals surface area contributed by atoms with E-state index in [1.54, 1.807) is 18.5 Å². The van der Waals surface area contributed by atoms with Crippen LogP contribution in [0.2, 0.25) is 0 Å². The topological polar surface area (TPSA) is 48.1 Å². The molecular formula is C11H16N2O. The minimum absolute atomic E-state index is 0.0413. The Kier molecular flexibility index (Phi) is 4.13. The molecule has 14 heavy (non-hydrogen) atoms. The number of hydrogen-bond acceptors (Lipinski definition) is 3. The molecule has 0 radical (unpaired) electrons. The molecule has 3 heteroatoms. The summed E-state index contributed by atoms with van der Waals surface area (Å²) >= 11 is 0. The average Bonchev–Trinajstić information content (AvgIpc) is 2.19. The van der Waals surface area contributed by atoms with Gasteiger partial charge in [-0.3, -0.25) is 4.98 Å². The first-order chi connectivity index (χ1) is 6.77. The Balaban J connectivity index is 2.76. The zero-order valence-corrected chi connectivity index (χ0v) is 8.44. The lowest BCUT2D eigenvalue weighted by Gasteiger charge is -2.10. The van der Waals surface area contributed by atoms with Crippen molar-refractivity contribution in [3.63, 3.8) is 0 Å². The van der Waals surface area contributed by atoms with E-state index in [4.69, 9.17) is 10.5 Å². The molecule has 2 N–H and O–H groups in total. The molecule has 3 nitrogen and oxygen atoms in total. The smallest absolute Gasteiger partial charge is 0.137 e. The van der Waals surface area contributed by atoms with Crippen molar-refractivity contribution in [2.75, 3.05) is 6.61 Å². The third-order valence-electron chi connectivity index (χ3n) is 1.89. The van der Waals surface area contributed by atoms with Crippen molar-refractivity contribution >= 4 is 0 Å². The molecule has 1 heterocycles. The fraction of sp³-hybridized carbons (Fsp3) is 0.364. The Morgan fingerprint density at radius 2 is 2.43 bits per heavy atom. The summed E-state index contributed by atoms with van der Waals surface area (Å²) in [5.41, 5.74) is 6.89. The van der Waals surface area contributed by atoms with Crippen LogP contribution in [0.4, 0.5) is 0 Å². The molecule has 0 saturated heterocycles. The van der Waals surface area contributed by atoms with Crippen molar-refractivity contribution in [2.24, 2.45) is 5.73 Å². The summed E-state index contributed by atoms with van der Waals surface area (Å²) in [4.78, 5) is 4.07. The predicted molar refractivity (Wildman–Crippen MR) is 57.1 cm³/mol. The Hall–Kier alpha value is -1.35. The van der Waals surface area contributed by atoms with Gasteiger partial charge < -0.3 is 10.5 Å². The normalized spacial score (nSPS) is 12.1. The molecule has 0 bridgehead atoms. The summed E-state index contributed by atoms with van der Waals surface area (Å²) in [6, 6.07) is 1.88. The molecule has 76 valence electrons. The van der Waals surface area contributed by atoms with Crippen LogP contribution in [0.25, 0.3) is 0 Å². The molecule has 0 amide bonds. The second-order valence-corrected chi connectivity index (χ2v) is 3.02. The van der Waals surface area contributed by atoms with Gasteiger partial charge in [0.2, 0.25) is 0 Å². The predicted octanol–water partition coefficient (Wildman–Crippen LogP) is 2.06. The van der Waals surface area contributed by atoms with Crippen LogP contribution in [0, 0.1) is 0 Å². The lowest BCUT2D eigenvalue weighted by molar-refractivity contribution is 0.338. The van der Waals surface area contributed by atoms with Crippen LogP contribution in [0.15, 0.2) is 31.1 Å². The summed E-state index contributed by atoms with van der Waals surface area (Å²) in [5, 5.41) is 0. The van der Waals surface area contributed by atoms with Crippen molar-refractivity contribution in [1.29, 1.82) is 0 Å². The van der Waals surface area contributed by atoms with Crippen LogP contribution in [-0.2, 0) is 0 Å². The number of rotatable bonds is 5. The minimum atomic E-state index is -0.0413. The summed E-state index contributed by atoms with van der Waals surface area (Å²) in [6.45, 7) is 6.23. The SMILES string of the molecule is C=CCC(N)c1cncc(OCC)c1. The Labute approximate surface area is 84.6 Å². The first-order valence-electron chi connectivity index (χ1n) is 4.72. The van der Waals surface area contributed by atoms with Crippen LogP contribution >= 0.6 is 0 Å². The molecule has 0 aromatic carbocycles. The Morgan fingerprint density at radius 1 is 1.64 bits per heavy atom. The number of hydrogen-bond donors (Lipinski definition) is 1. The molecular weight excluding hydrogens is 176 g/mol. The average molecular weight is 192 g/mol. The van der Waals surface area contributed by atoms with E-state index in [0.29, 0.717) is 6.61 Å². The van der Waals surface area contributed by atoms with Crippen molar-refractivity contribution in [3.05, 3.63) is 36.7 Å². The van der Waals surface area contributed by atoms with Gasteiger partial charge >= 0.3 is 0 Å². The molecule has 0 fully saturated rings. The summed E-state index contributed by atoms with van der Waals surface area (Å²) in [7, 11) is 0. The number of pyridine rings is 1. The molecule has 1 aromatic heterocycles. The van der Waals surface area contributed by atoms with Crippen LogP contribution in [-0.4, -0.2) is 11.6 Å². The second kappa shape index (κ2) is 5.40. The third kappa shape index (κ3) is 2.85. The highest BCUT2D eigenvalue weighted by molar-refractivity contribution is 5.26. The van der Waals surface area contributed by atoms with Gasteiger partial charge in [0.25, 0.3) is 0 Å². The minimum Gasteiger partial charge on any atom is -0.492 e. The van der Waals surface area contributed by atoms with E-state index < -0.39 is 0 Å². The van der Waals surface area contributed by atoms with E-state index in [0.717, 1.165) is 17.7 Å². The van der Waals surface area contributed by atoms with E-state index >= 15 is 0 Å². The highest BCUT2D eigenvalue weighted by atomic mass is 16.5. The van der Waals surface area contributed by atoms with Gasteiger partial charge in [-0.2, -0.15) is 0 Å². The lowest BCUT2D eigenvalue weighted by Crippen LogP contribution is -2.09. The van der Waals surface area contributed by atoms with Gasteiger partial charge in [-0.1, -0.05) is 6.08 Å². The number of aromatic nitrogens is 1. The van der Waals surface area contributed by atoms with Gasteiger partial charge in [0.05, 0.1) is 12.8 Å². The highest BCUT2D eigenvalue weighted by Gasteiger charge is 2.05. The fourth-order valence-corrected chi connectivity index (χ4v) is 1.20. The zero-order valence-electron chi connectivity index (χ0n) is 8.44. The number of nitrogens with zero attached hydrogens (tertiary/aromatic N) is 1. The summed E-state index contributed by atoms with van der Waals surface area (Å²) in [5.74, 6) is 0.768. The van der Waals surface area contributed by atoms with E-state index in [1.807, 2.05) is 13.0 Å². The zero-order chi connectivity index (χ0) is 10.4. The fourth-order valence-electron chi connectivity index (χ4n) is 1.20. The molecule has 1 rings (SSSR count). The van der Waals surface area contributed by atoms with Crippen molar-refractivity contribution in [1.82, 2.24) is 4.98 Å². The van der Waals surface area contributed by atoms with Crippen molar-refractivity contribution < 1.29 is 4.74 Å². The Bertz CT molecular complexity index is 299. The van der Waals surface area contributed by atoms with Gasteiger partial charge in [-0.15, -0.1) is 6.58 Å². The molecule has 0 aliphatic heterocycles. The first kappa shape index (κ1) is 10.7. The number of nitrogens with two attached hydrogens (primary N) is 1. The lowest BCUT2D eigenvalue weighted by atomic mass is 10.1. The van der Waals surface area contributed by atoms with Crippen molar-refractivity contribution in [2.45, 2.75) is 19.4 Å². The maximum atomic E-state index is 5.90. The highest BCUT2D eigenvalue weighted by Crippen LogP contribution is 2.18. The van der Waals surface area contributed by atoms with Gasteiger partial charge in [0, 0.05) is 12.2 Å². The van der Waals surface area contributed by atoms with E-state index in [1.165, 1.54) is 0 Å². The van der Waals surface area contributed by atoms with Crippen LogP contribution < -0.4 is 10.5 Å². The quantitative estimate of drug-likeness (QED) is 0.726. The molecule has 0 aliphatic carbocycles. The largest absolute Gasteiger partial charge is 0.492 e. The van der Waals surface area contributed by atoms with Gasteiger partial charge in [0.15, 0.2) is 0 Å². The van der Waals surface area contributed by atoms with Crippen LogP contribution in [0.1, 0.15) is 24.9 Å². The maximum absolute atomic E-state index is 5.90. The number of ether oxygens (including phenoxy) is 1. The Morgan fingerprint density at radius 3 is 3.07 bits per heavy atom. The standard InChI is InChI=1S/C11H16N2O/c1-3-5-11(12)9-6-10(14-4-2)8-13-7-9/h3,6-8,11H,1,4-5,12H2,2H3. The first-order valence-corrected chi connectivity index (χ1v) is 4.72. The van der Waals surface area contributed by atoms with Crippen LogP contribution in [0.3, 0.4) is 0 Å².